The third kappa shape index (κ3) is 5.96. The molecule has 7 rings (SSSR count). The Balaban J connectivity index is 0.972. The number of nitrogens with zero attached hydrogens (tertiary/aromatic N) is 5. The SMILES string of the molecule is O=C(O)c1ccc2nc(CN3CCC(Oc4cccc(Cc5ccc(C6CC6)cc5)n4)CC3)n(C[C@@H]3CCO3)c2n1. The summed E-state index contributed by atoms with van der Waals surface area (Å²) in [7, 11) is 0. The topological polar surface area (TPSA) is 103 Å². The fourth-order valence-corrected chi connectivity index (χ4v) is 5.82. The maximum atomic E-state index is 11.5. The summed E-state index contributed by atoms with van der Waals surface area (Å²) in [5, 5.41) is 9.44. The summed E-state index contributed by atoms with van der Waals surface area (Å²) in [5.74, 6) is 1.32. The van der Waals surface area contributed by atoms with Gasteiger partial charge in [0.05, 0.1) is 19.2 Å². The largest absolute Gasteiger partial charge is 0.477 e. The smallest absolute Gasteiger partial charge is 0.354 e. The van der Waals surface area contributed by atoms with E-state index in [2.05, 4.69) is 40.2 Å². The quantitative estimate of drug-likeness (QED) is 0.298. The van der Waals surface area contributed by atoms with Gasteiger partial charge in [-0.15, -0.1) is 0 Å². The number of pyridine rings is 2. The zero-order valence-corrected chi connectivity index (χ0v) is 23.1. The molecule has 1 aromatic carbocycles. The van der Waals surface area contributed by atoms with Crippen molar-refractivity contribution < 1.29 is 19.4 Å². The third-order valence-corrected chi connectivity index (χ3v) is 8.45. The van der Waals surface area contributed by atoms with E-state index in [1.807, 2.05) is 16.7 Å². The zero-order chi connectivity index (χ0) is 27.8. The van der Waals surface area contributed by atoms with Crippen LogP contribution in [0.25, 0.3) is 11.2 Å². The summed E-state index contributed by atoms with van der Waals surface area (Å²) in [4.78, 5) is 28.0. The zero-order valence-electron chi connectivity index (χ0n) is 23.1. The molecule has 212 valence electrons. The van der Waals surface area contributed by atoms with Crippen LogP contribution in [0, 0.1) is 0 Å². The van der Waals surface area contributed by atoms with Crippen LogP contribution in [0.2, 0.25) is 0 Å². The maximum Gasteiger partial charge on any atom is 0.354 e. The molecular formula is C32H35N5O4. The molecule has 9 heteroatoms. The number of benzene rings is 1. The van der Waals surface area contributed by atoms with Crippen LogP contribution in [0.5, 0.6) is 5.88 Å². The van der Waals surface area contributed by atoms with Gasteiger partial charge in [0, 0.05) is 37.9 Å². The van der Waals surface area contributed by atoms with E-state index in [9.17, 15) is 9.90 Å². The second kappa shape index (κ2) is 11.2. The van der Waals surface area contributed by atoms with Gasteiger partial charge in [-0.05, 0) is 67.3 Å². The lowest BCUT2D eigenvalue weighted by Crippen LogP contribution is -2.39. The number of carboxylic acid groups (broad SMARTS) is 1. The van der Waals surface area contributed by atoms with Crippen molar-refractivity contribution in [1.29, 1.82) is 0 Å². The van der Waals surface area contributed by atoms with Gasteiger partial charge in [0.1, 0.15) is 17.4 Å². The molecule has 0 spiro atoms. The minimum atomic E-state index is -1.04. The summed E-state index contributed by atoms with van der Waals surface area (Å²) in [5.41, 5.74) is 5.11. The highest BCUT2D eigenvalue weighted by atomic mass is 16.5. The predicted molar refractivity (Wildman–Crippen MR) is 153 cm³/mol. The van der Waals surface area contributed by atoms with Gasteiger partial charge >= 0.3 is 5.97 Å². The number of aromatic nitrogens is 4. The van der Waals surface area contributed by atoms with Gasteiger partial charge in [0.2, 0.25) is 5.88 Å². The number of carbonyl (C=O) groups is 1. The van der Waals surface area contributed by atoms with Crippen molar-refractivity contribution >= 4 is 17.1 Å². The first kappa shape index (κ1) is 26.1. The van der Waals surface area contributed by atoms with E-state index in [1.54, 1.807) is 6.07 Å². The van der Waals surface area contributed by atoms with Crippen LogP contribution in [0.3, 0.4) is 0 Å². The Morgan fingerprint density at radius 2 is 1.76 bits per heavy atom. The molecule has 1 N–H and O–H groups in total. The number of ether oxygens (including phenoxy) is 2. The first-order chi connectivity index (χ1) is 20.1. The lowest BCUT2D eigenvalue weighted by molar-refractivity contribution is -0.0593. The summed E-state index contributed by atoms with van der Waals surface area (Å²) < 4.78 is 14.1. The Kier molecular flexibility index (Phi) is 7.14. The highest BCUT2D eigenvalue weighted by Gasteiger charge is 2.26. The van der Waals surface area contributed by atoms with Crippen LogP contribution < -0.4 is 4.74 Å². The number of imidazole rings is 1. The van der Waals surface area contributed by atoms with Gasteiger partial charge < -0.3 is 19.1 Å². The monoisotopic (exact) mass is 553 g/mol. The van der Waals surface area contributed by atoms with E-state index in [1.165, 1.54) is 30.0 Å². The molecule has 3 aliphatic rings. The van der Waals surface area contributed by atoms with Crippen LogP contribution in [0.4, 0.5) is 0 Å². The van der Waals surface area contributed by atoms with Crippen molar-refractivity contribution in [1.82, 2.24) is 24.4 Å². The molecule has 0 amide bonds. The van der Waals surface area contributed by atoms with E-state index >= 15 is 0 Å². The fourth-order valence-electron chi connectivity index (χ4n) is 5.82. The van der Waals surface area contributed by atoms with E-state index in [4.69, 9.17) is 19.4 Å². The molecule has 5 heterocycles. The number of piperidine rings is 1. The van der Waals surface area contributed by atoms with Crippen LogP contribution in [-0.4, -0.2) is 67.4 Å². The van der Waals surface area contributed by atoms with Crippen molar-refractivity contribution in [2.75, 3.05) is 19.7 Å². The first-order valence-corrected chi connectivity index (χ1v) is 14.7. The molecule has 3 aromatic heterocycles. The number of likely N-dealkylation sites (tertiary alicyclic amines) is 1. The van der Waals surface area contributed by atoms with Gasteiger partial charge in [-0.1, -0.05) is 30.3 Å². The molecule has 9 nitrogen and oxygen atoms in total. The van der Waals surface area contributed by atoms with E-state index in [-0.39, 0.29) is 17.9 Å². The molecule has 1 atom stereocenters. The fraction of sp³-hybridized carbons (Fsp3) is 0.438. The van der Waals surface area contributed by atoms with E-state index < -0.39 is 5.97 Å². The van der Waals surface area contributed by atoms with Crippen LogP contribution in [0.1, 0.15) is 71.2 Å². The Hall–Kier alpha value is -3.82. The molecule has 0 radical (unpaired) electrons. The summed E-state index contributed by atoms with van der Waals surface area (Å²) in [6.07, 6.45) is 6.48. The van der Waals surface area contributed by atoms with Crippen molar-refractivity contribution in [3.8, 4) is 5.88 Å². The number of fused-ring (bicyclic) bond motifs is 1. The molecule has 3 fully saturated rings. The molecule has 4 aromatic rings. The standard InChI is InChI=1S/C32H35N5O4/c38-32(39)28-11-10-27-31(35-28)37(19-26-14-17-40-26)29(34-27)20-36-15-12-25(13-16-36)41-30-3-1-2-24(33-30)18-21-4-6-22(7-5-21)23-8-9-23/h1-7,10-11,23,25-26H,8-9,12-20H2,(H,38,39)/t26-/m0/s1. The van der Waals surface area contributed by atoms with Gasteiger partial charge in [-0.3, -0.25) is 4.90 Å². The number of hydrogen-bond acceptors (Lipinski definition) is 7. The van der Waals surface area contributed by atoms with Gasteiger partial charge in [-0.25, -0.2) is 19.7 Å². The number of hydrogen-bond donors (Lipinski definition) is 1. The van der Waals surface area contributed by atoms with Crippen LogP contribution >= 0.6 is 0 Å². The minimum Gasteiger partial charge on any atom is -0.477 e. The van der Waals surface area contributed by atoms with E-state index in [0.717, 1.165) is 62.8 Å². The molecule has 1 saturated carbocycles. The van der Waals surface area contributed by atoms with Crippen molar-refractivity contribution in [2.24, 2.45) is 0 Å². The number of carboxylic acids is 1. The highest BCUT2D eigenvalue weighted by Crippen LogP contribution is 2.40. The number of aromatic carboxylic acids is 1. The lowest BCUT2D eigenvalue weighted by Gasteiger charge is -2.32. The summed E-state index contributed by atoms with van der Waals surface area (Å²) >= 11 is 0. The number of rotatable bonds is 10. The van der Waals surface area contributed by atoms with Gasteiger partial charge in [0.15, 0.2) is 11.3 Å². The Bertz CT molecular complexity index is 1540. The Morgan fingerprint density at radius 3 is 2.46 bits per heavy atom. The normalized spacial score (nSPS) is 19.8. The van der Waals surface area contributed by atoms with Crippen molar-refractivity contribution in [3.05, 3.63) is 82.9 Å². The molecule has 2 saturated heterocycles. The third-order valence-electron chi connectivity index (χ3n) is 8.45. The Morgan fingerprint density at radius 1 is 0.951 bits per heavy atom. The summed E-state index contributed by atoms with van der Waals surface area (Å²) in [6.45, 7) is 3.84. The van der Waals surface area contributed by atoms with Crippen LogP contribution in [0.15, 0.2) is 54.6 Å². The van der Waals surface area contributed by atoms with Crippen molar-refractivity contribution in [2.45, 2.75) is 69.7 Å². The second-order valence-electron chi connectivity index (χ2n) is 11.5. The van der Waals surface area contributed by atoms with Gasteiger partial charge in [0.25, 0.3) is 0 Å². The van der Waals surface area contributed by atoms with E-state index in [0.29, 0.717) is 30.1 Å². The average molecular weight is 554 g/mol. The molecule has 0 bridgehead atoms. The molecule has 41 heavy (non-hydrogen) atoms. The molecule has 1 aliphatic carbocycles. The molecular weight excluding hydrogens is 518 g/mol. The predicted octanol–water partition coefficient (Wildman–Crippen LogP) is 4.83. The van der Waals surface area contributed by atoms with Gasteiger partial charge in [-0.2, -0.15) is 0 Å². The average Bonchev–Trinajstić information content (AvgIpc) is 3.75. The highest BCUT2D eigenvalue weighted by molar-refractivity contribution is 5.88. The minimum absolute atomic E-state index is 0.0295. The second-order valence-corrected chi connectivity index (χ2v) is 11.5. The van der Waals surface area contributed by atoms with Crippen LogP contribution in [-0.2, 0) is 24.2 Å². The van der Waals surface area contributed by atoms with Crippen molar-refractivity contribution in [3.63, 3.8) is 0 Å². The lowest BCUT2D eigenvalue weighted by atomic mass is 10.0. The first-order valence-electron chi connectivity index (χ1n) is 14.7. The maximum absolute atomic E-state index is 11.5. The summed E-state index contributed by atoms with van der Waals surface area (Å²) in [6, 6.07) is 18.3. The molecule has 0 unspecified atom stereocenters. The molecule has 2 aliphatic heterocycles. The Labute approximate surface area is 239 Å².